The number of aromatic nitrogens is 2. The summed E-state index contributed by atoms with van der Waals surface area (Å²) in [5.41, 5.74) is 7.43. The van der Waals surface area contributed by atoms with Gasteiger partial charge in [-0.2, -0.15) is 0 Å². The highest BCUT2D eigenvalue weighted by atomic mass is 15.1. The zero-order valence-corrected chi connectivity index (χ0v) is 17.2. The summed E-state index contributed by atoms with van der Waals surface area (Å²) in [5, 5.41) is 0. The van der Waals surface area contributed by atoms with E-state index in [1.165, 1.54) is 27.8 Å². The van der Waals surface area contributed by atoms with Crippen LogP contribution in [0.4, 0.5) is 0 Å². The van der Waals surface area contributed by atoms with Crippen LogP contribution in [0.25, 0.3) is 22.4 Å². The van der Waals surface area contributed by atoms with E-state index >= 15 is 0 Å². The van der Waals surface area contributed by atoms with Gasteiger partial charge in [-0.25, -0.2) is 4.98 Å². The SMILES string of the molecule is CC(C)c1ccc(Cn2c(-c3ccc(C(C)C)cc3)nc3ccccc32)cc1. The highest BCUT2D eigenvalue weighted by Crippen LogP contribution is 2.27. The largest absolute Gasteiger partial charge is 0.319 e. The zero-order valence-electron chi connectivity index (χ0n) is 17.2. The first kappa shape index (κ1) is 18.5. The van der Waals surface area contributed by atoms with E-state index in [-0.39, 0.29) is 0 Å². The maximum Gasteiger partial charge on any atom is 0.141 e. The Morgan fingerprint density at radius 3 is 1.89 bits per heavy atom. The molecule has 0 atom stereocenters. The highest BCUT2D eigenvalue weighted by Gasteiger charge is 2.13. The maximum atomic E-state index is 4.96. The minimum absolute atomic E-state index is 0.535. The van der Waals surface area contributed by atoms with Crippen LogP contribution in [0.5, 0.6) is 0 Å². The van der Waals surface area contributed by atoms with Crippen LogP contribution in [0.2, 0.25) is 0 Å². The van der Waals surface area contributed by atoms with Crippen LogP contribution in [0.3, 0.4) is 0 Å². The van der Waals surface area contributed by atoms with Gasteiger partial charge in [-0.3, -0.25) is 0 Å². The Morgan fingerprint density at radius 2 is 1.29 bits per heavy atom. The van der Waals surface area contributed by atoms with Crippen molar-refractivity contribution in [3.8, 4) is 11.4 Å². The Morgan fingerprint density at radius 1 is 0.714 bits per heavy atom. The van der Waals surface area contributed by atoms with Crippen molar-refractivity contribution in [3.05, 3.63) is 89.5 Å². The van der Waals surface area contributed by atoms with Crippen LogP contribution in [-0.2, 0) is 6.54 Å². The summed E-state index contributed by atoms with van der Waals surface area (Å²) >= 11 is 0. The van der Waals surface area contributed by atoms with Gasteiger partial charge < -0.3 is 4.57 Å². The van der Waals surface area contributed by atoms with Gasteiger partial charge >= 0.3 is 0 Å². The lowest BCUT2D eigenvalue weighted by Gasteiger charge is -2.12. The Labute approximate surface area is 167 Å². The van der Waals surface area contributed by atoms with Gasteiger partial charge in [0.15, 0.2) is 0 Å². The summed E-state index contributed by atoms with van der Waals surface area (Å²) < 4.78 is 2.34. The summed E-state index contributed by atoms with van der Waals surface area (Å²) in [7, 11) is 0. The van der Waals surface area contributed by atoms with Crippen molar-refractivity contribution in [2.45, 2.75) is 46.1 Å². The molecule has 0 N–H and O–H groups in total. The van der Waals surface area contributed by atoms with Crippen LogP contribution in [0.15, 0.2) is 72.8 Å². The summed E-state index contributed by atoms with van der Waals surface area (Å²) in [6, 6.07) is 26.2. The topological polar surface area (TPSA) is 17.8 Å². The molecule has 3 aromatic carbocycles. The average molecular weight is 369 g/mol. The molecule has 0 fully saturated rings. The monoisotopic (exact) mass is 368 g/mol. The Kier molecular flexibility index (Phi) is 5.04. The van der Waals surface area contributed by atoms with E-state index in [1.54, 1.807) is 0 Å². The molecule has 0 unspecified atom stereocenters. The molecule has 2 nitrogen and oxygen atoms in total. The fraction of sp³-hybridized carbons (Fsp3) is 0.269. The zero-order chi connectivity index (χ0) is 19.7. The highest BCUT2D eigenvalue weighted by molar-refractivity contribution is 5.80. The minimum atomic E-state index is 0.535. The fourth-order valence-electron chi connectivity index (χ4n) is 3.66. The van der Waals surface area contributed by atoms with E-state index in [2.05, 4.69) is 105 Å². The summed E-state index contributed by atoms with van der Waals surface area (Å²) in [5.74, 6) is 2.12. The smallest absolute Gasteiger partial charge is 0.141 e. The van der Waals surface area contributed by atoms with Crippen molar-refractivity contribution in [3.63, 3.8) is 0 Å². The molecule has 28 heavy (non-hydrogen) atoms. The quantitative estimate of drug-likeness (QED) is 0.371. The fourth-order valence-corrected chi connectivity index (χ4v) is 3.66. The molecular formula is C26H28N2. The van der Waals surface area contributed by atoms with Crippen LogP contribution < -0.4 is 0 Å². The number of imidazole rings is 1. The van der Waals surface area contributed by atoms with E-state index in [4.69, 9.17) is 4.98 Å². The molecule has 0 aliphatic heterocycles. The van der Waals surface area contributed by atoms with Crippen molar-refractivity contribution in [1.29, 1.82) is 0 Å². The molecule has 0 amide bonds. The molecular weight excluding hydrogens is 340 g/mol. The van der Waals surface area contributed by atoms with Gasteiger partial charge in [0.2, 0.25) is 0 Å². The van der Waals surface area contributed by atoms with E-state index in [1.807, 2.05) is 0 Å². The third-order valence-electron chi connectivity index (χ3n) is 5.48. The molecule has 2 heteroatoms. The van der Waals surface area contributed by atoms with Crippen molar-refractivity contribution in [2.24, 2.45) is 0 Å². The molecule has 1 heterocycles. The van der Waals surface area contributed by atoms with Gasteiger partial charge in [0, 0.05) is 12.1 Å². The molecule has 0 spiro atoms. The van der Waals surface area contributed by atoms with Crippen molar-refractivity contribution >= 4 is 11.0 Å². The van der Waals surface area contributed by atoms with Crippen LogP contribution in [0, 0.1) is 0 Å². The molecule has 0 radical (unpaired) electrons. The molecule has 4 aromatic rings. The van der Waals surface area contributed by atoms with Crippen LogP contribution in [0.1, 0.15) is 56.2 Å². The lowest BCUT2D eigenvalue weighted by atomic mass is 10.0. The second-order valence-corrected chi connectivity index (χ2v) is 8.18. The van der Waals surface area contributed by atoms with Gasteiger partial charge in [0.25, 0.3) is 0 Å². The Balaban J connectivity index is 1.77. The number of rotatable bonds is 5. The molecule has 0 bridgehead atoms. The molecule has 0 aliphatic rings. The lowest BCUT2D eigenvalue weighted by Crippen LogP contribution is -2.03. The van der Waals surface area contributed by atoms with Gasteiger partial charge in [0.05, 0.1) is 11.0 Å². The van der Waals surface area contributed by atoms with Gasteiger partial charge in [0.1, 0.15) is 5.82 Å². The average Bonchev–Trinajstić information content (AvgIpc) is 3.07. The van der Waals surface area contributed by atoms with Crippen LogP contribution in [-0.4, -0.2) is 9.55 Å². The third kappa shape index (κ3) is 3.60. The molecule has 0 aliphatic carbocycles. The second-order valence-electron chi connectivity index (χ2n) is 8.18. The van der Waals surface area contributed by atoms with E-state index in [9.17, 15) is 0 Å². The summed E-state index contributed by atoms with van der Waals surface area (Å²) in [4.78, 5) is 4.96. The maximum absolute atomic E-state index is 4.96. The first-order valence-corrected chi connectivity index (χ1v) is 10.2. The third-order valence-corrected chi connectivity index (χ3v) is 5.48. The van der Waals surface area contributed by atoms with Crippen LogP contribution >= 0.6 is 0 Å². The Hall–Kier alpha value is -2.87. The van der Waals surface area contributed by atoms with Gasteiger partial charge in [-0.1, -0.05) is 88.4 Å². The minimum Gasteiger partial charge on any atom is -0.319 e. The molecule has 0 saturated heterocycles. The lowest BCUT2D eigenvalue weighted by molar-refractivity contribution is 0.826. The van der Waals surface area contributed by atoms with Crippen molar-refractivity contribution < 1.29 is 0 Å². The summed E-state index contributed by atoms with van der Waals surface area (Å²) in [6.07, 6.45) is 0. The van der Waals surface area contributed by atoms with Crippen molar-refractivity contribution in [1.82, 2.24) is 9.55 Å². The first-order chi connectivity index (χ1) is 13.5. The number of hydrogen-bond donors (Lipinski definition) is 0. The number of hydrogen-bond acceptors (Lipinski definition) is 1. The number of para-hydroxylation sites is 2. The van der Waals surface area contributed by atoms with E-state index in [0.29, 0.717) is 11.8 Å². The summed E-state index contributed by atoms with van der Waals surface area (Å²) in [6.45, 7) is 9.74. The van der Waals surface area contributed by atoms with Crippen molar-refractivity contribution in [2.75, 3.05) is 0 Å². The molecule has 0 saturated carbocycles. The second kappa shape index (κ2) is 7.63. The first-order valence-electron chi connectivity index (χ1n) is 10.2. The van der Waals surface area contributed by atoms with E-state index in [0.717, 1.165) is 17.9 Å². The standard InChI is InChI=1S/C26H28N2/c1-18(2)21-11-9-20(10-12-21)17-28-25-8-6-5-7-24(25)27-26(28)23-15-13-22(14-16-23)19(3)4/h5-16,18-19H,17H2,1-4H3. The number of benzene rings is 3. The molecule has 4 rings (SSSR count). The predicted octanol–water partition coefficient (Wildman–Crippen LogP) is 7.00. The number of nitrogens with zero attached hydrogens (tertiary/aromatic N) is 2. The molecule has 1 aromatic heterocycles. The normalized spacial score (nSPS) is 11.6. The number of fused-ring (bicyclic) bond motifs is 1. The molecule has 142 valence electrons. The van der Waals surface area contributed by atoms with Gasteiger partial charge in [-0.15, -0.1) is 0 Å². The predicted molar refractivity (Wildman–Crippen MR) is 119 cm³/mol. The van der Waals surface area contributed by atoms with E-state index < -0.39 is 0 Å². The Bertz CT molecular complexity index is 1070. The van der Waals surface area contributed by atoms with Gasteiger partial charge in [-0.05, 0) is 40.7 Å².